The van der Waals surface area contributed by atoms with E-state index in [2.05, 4.69) is 10.4 Å². The van der Waals surface area contributed by atoms with Crippen LogP contribution < -0.4 is 10.6 Å². The van der Waals surface area contributed by atoms with E-state index in [4.69, 9.17) is 0 Å². The summed E-state index contributed by atoms with van der Waals surface area (Å²) in [5, 5.41) is 8.59. The van der Waals surface area contributed by atoms with Crippen LogP contribution in [-0.2, 0) is 0 Å². The first-order valence-corrected chi connectivity index (χ1v) is 8.61. The zero-order valence-electron chi connectivity index (χ0n) is 15.3. The summed E-state index contributed by atoms with van der Waals surface area (Å²) in [5.41, 5.74) is 1.66. The van der Waals surface area contributed by atoms with E-state index in [1.54, 1.807) is 23.0 Å². The van der Waals surface area contributed by atoms with Gasteiger partial charge in [-0.2, -0.15) is 18.3 Å². The second kappa shape index (κ2) is 8.17. The first-order chi connectivity index (χ1) is 13.8. The van der Waals surface area contributed by atoms with Crippen molar-refractivity contribution in [1.29, 1.82) is 0 Å². The highest BCUT2D eigenvalue weighted by Gasteiger charge is 2.28. The highest BCUT2D eigenvalue weighted by Crippen LogP contribution is 2.20. The SMILES string of the molecule is Cc1c(C(=O)Nc2ccccc2C(=O)NCC(F)(F)F)cnn1-c1ccccc1. The topological polar surface area (TPSA) is 76.0 Å². The van der Waals surface area contributed by atoms with E-state index >= 15 is 0 Å². The summed E-state index contributed by atoms with van der Waals surface area (Å²) in [5.74, 6) is -1.46. The number of nitrogens with one attached hydrogen (secondary N) is 2. The number of benzene rings is 2. The number of rotatable bonds is 5. The van der Waals surface area contributed by atoms with Crippen molar-refractivity contribution in [3.05, 3.63) is 77.6 Å². The molecule has 0 fully saturated rings. The average Bonchev–Trinajstić information content (AvgIpc) is 3.08. The summed E-state index contributed by atoms with van der Waals surface area (Å²) in [7, 11) is 0. The number of halogens is 3. The van der Waals surface area contributed by atoms with Crippen LogP contribution in [0.4, 0.5) is 18.9 Å². The zero-order chi connectivity index (χ0) is 21.0. The Kier molecular flexibility index (Phi) is 5.67. The maximum absolute atomic E-state index is 12.7. The lowest BCUT2D eigenvalue weighted by molar-refractivity contribution is -0.123. The number of hydrogen-bond acceptors (Lipinski definition) is 3. The summed E-state index contributed by atoms with van der Waals surface area (Å²) < 4.78 is 38.7. The lowest BCUT2D eigenvalue weighted by Crippen LogP contribution is -2.34. The molecule has 2 amide bonds. The Hall–Kier alpha value is -3.62. The minimum Gasteiger partial charge on any atom is -0.343 e. The monoisotopic (exact) mass is 402 g/mol. The molecule has 0 saturated heterocycles. The largest absolute Gasteiger partial charge is 0.405 e. The van der Waals surface area contributed by atoms with Crippen molar-refractivity contribution in [1.82, 2.24) is 15.1 Å². The molecule has 9 heteroatoms. The predicted octanol–water partition coefficient (Wildman–Crippen LogP) is 3.73. The molecule has 29 heavy (non-hydrogen) atoms. The van der Waals surface area contributed by atoms with Crippen molar-refractivity contribution < 1.29 is 22.8 Å². The lowest BCUT2D eigenvalue weighted by Gasteiger charge is -2.12. The van der Waals surface area contributed by atoms with Crippen LogP contribution >= 0.6 is 0 Å². The summed E-state index contributed by atoms with van der Waals surface area (Å²) in [4.78, 5) is 24.8. The van der Waals surface area contributed by atoms with Crippen molar-refractivity contribution >= 4 is 17.5 Å². The van der Waals surface area contributed by atoms with E-state index in [1.165, 1.54) is 24.4 Å². The maximum atomic E-state index is 12.7. The maximum Gasteiger partial charge on any atom is 0.405 e. The molecule has 0 aliphatic carbocycles. The van der Waals surface area contributed by atoms with E-state index in [1.807, 2.05) is 30.3 Å². The van der Waals surface area contributed by atoms with Crippen LogP contribution in [0, 0.1) is 6.92 Å². The highest BCUT2D eigenvalue weighted by molar-refractivity contribution is 6.09. The Bertz CT molecular complexity index is 1030. The van der Waals surface area contributed by atoms with Gasteiger partial charge >= 0.3 is 6.18 Å². The third-order valence-corrected chi connectivity index (χ3v) is 4.12. The number of anilines is 1. The Morgan fingerprint density at radius 2 is 1.62 bits per heavy atom. The predicted molar refractivity (Wildman–Crippen MR) is 101 cm³/mol. The first kappa shape index (κ1) is 20.1. The number of para-hydroxylation sites is 2. The van der Waals surface area contributed by atoms with Gasteiger partial charge in [-0.3, -0.25) is 9.59 Å². The standard InChI is InChI=1S/C20H17F3N4O2/c1-13-16(11-25-27(13)14-7-3-2-4-8-14)19(29)26-17-10-6-5-9-15(17)18(28)24-12-20(21,22)23/h2-11H,12H2,1H3,(H,24,28)(H,26,29). The average molecular weight is 402 g/mol. The van der Waals surface area contributed by atoms with Gasteiger partial charge in [-0.05, 0) is 31.2 Å². The molecule has 6 nitrogen and oxygen atoms in total. The molecule has 1 aromatic heterocycles. The Morgan fingerprint density at radius 3 is 2.31 bits per heavy atom. The van der Waals surface area contributed by atoms with E-state index in [0.717, 1.165) is 5.69 Å². The van der Waals surface area contributed by atoms with E-state index in [0.29, 0.717) is 5.69 Å². The normalized spacial score (nSPS) is 11.2. The van der Waals surface area contributed by atoms with Gasteiger partial charge in [0.15, 0.2) is 0 Å². The fourth-order valence-corrected chi connectivity index (χ4v) is 2.72. The minimum atomic E-state index is -4.53. The van der Waals surface area contributed by atoms with Crippen LogP contribution in [0.3, 0.4) is 0 Å². The molecular weight excluding hydrogens is 385 g/mol. The third kappa shape index (κ3) is 4.81. The van der Waals surface area contributed by atoms with Crippen molar-refractivity contribution in [3.63, 3.8) is 0 Å². The molecule has 3 aromatic rings. The molecule has 0 aliphatic heterocycles. The molecule has 0 aliphatic rings. The fraction of sp³-hybridized carbons (Fsp3) is 0.150. The van der Waals surface area contributed by atoms with Crippen LogP contribution in [0.1, 0.15) is 26.4 Å². The van der Waals surface area contributed by atoms with Gasteiger partial charge in [0.2, 0.25) is 0 Å². The van der Waals surface area contributed by atoms with Crippen LogP contribution in [0.15, 0.2) is 60.8 Å². The fourth-order valence-electron chi connectivity index (χ4n) is 2.72. The van der Waals surface area contributed by atoms with Gasteiger partial charge in [0.05, 0.1) is 34.4 Å². The van der Waals surface area contributed by atoms with Gasteiger partial charge in [-0.1, -0.05) is 30.3 Å². The van der Waals surface area contributed by atoms with Crippen LogP contribution in [0.25, 0.3) is 5.69 Å². The minimum absolute atomic E-state index is 0.0711. The van der Waals surface area contributed by atoms with Gasteiger partial charge in [-0.25, -0.2) is 4.68 Å². The Morgan fingerprint density at radius 1 is 0.966 bits per heavy atom. The van der Waals surface area contributed by atoms with Gasteiger partial charge in [-0.15, -0.1) is 0 Å². The lowest BCUT2D eigenvalue weighted by atomic mass is 10.1. The summed E-state index contributed by atoms with van der Waals surface area (Å²) >= 11 is 0. The molecule has 2 aromatic carbocycles. The van der Waals surface area contributed by atoms with Gasteiger partial charge in [0.1, 0.15) is 6.54 Å². The smallest absolute Gasteiger partial charge is 0.343 e. The van der Waals surface area contributed by atoms with Gasteiger partial charge < -0.3 is 10.6 Å². The summed E-state index contributed by atoms with van der Waals surface area (Å²) in [6, 6.07) is 15.0. The number of aromatic nitrogens is 2. The molecule has 0 atom stereocenters. The van der Waals surface area contributed by atoms with Crippen LogP contribution in [-0.4, -0.2) is 34.3 Å². The Balaban J connectivity index is 1.80. The first-order valence-electron chi connectivity index (χ1n) is 8.61. The van der Waals surface area contributed by atoms with Crippen molar-refractivity contribution in [2.45, 2.75) is 13.1 Å². The van der Waals surface area contributed by atoms with Crippen molar-refractivity contribution in [2.24, 2.45) is 0 Å². The Labute approximate surface area is 164 Å². The number of amides is 2. The molecule has 2 N–H and O–H groups in total. The number of carbonyl (C=O) groups is 2. The molecule has 150 valence electrons. The van der Waals surface area contributed by atoms with Crippen LogP contribution in [0.5, 0.6) is 0 Å². The van der Waals surface area contributed by atoms with E-state index < -0.39 is 24.5 Å². The summed E-state index contributed by atoms with van der Waals surface area (Å²) in [6.07, 6.45) is -3.14. The number of alkyl halides is 3. The molecular formula is C20H17F3N4O2. The number of nitrogens with zero attached hydrogens (tertiary/aromatic N) is 2. The molecule has 3 rings (SSSR count). The van der Waals surface area contributed by atoms with Gasteiger partial charge in [0.25, 0.3) is 11.8 Å². The molecule has 0 radical (unpaired) electrons. The van der Waals surface area contributed by atoms with E-state index in [9.17, 15) is 22.8 Å². The summed E-state index contributed by atoms with van der Waals surface area (Å²) in [6.45, 7) is 0.258. The van der Waals surface area contributed by atoms with Crippen molar-refractivity contribution in [2.75, 3.05) is 11.9 Å². The molecule has 0 bridgehead atoms. The van der Waals surface area contributed by atoms with E-state index in [-0.39, 0.29) is 16.8 Å². The zero-order valence-corrected chi connectivity index (χ0v) is 15.3. The molecule has 0 saturated carbocycles. The van der Waals surface area contributed by atoms with Gasteiger partial charge in [0, 0.05) is 0 Å². The molecule has 1 heterocycles. The highest BCUT2D eigenvalue weighted by atomic mass is 19.4. The number of carbonyl (C=O) groups excluding carboxylic acids is 2. The second-order valence-electron chi connectivity index (χ2n) is 6.19. The van der Waals surface area contributed by atoms with Crippen molar-refractivity contribution in [3.8, 4) is 5.69 Å². The third-order valence-electron chi connectivity index (χ3n) is 4.12. The molecule has 0 spiro atoms. The molecule has 0 unspecified atom stereocenters. The van der Waals surface area contributed by atoms with Crippen LogP contribution in [0.2, 0.25) is 0 Å². The quantitative estimate of drug-likeness (QED) is 0.683. The number of hydrogen-bond donors (Lipinski definition) is 2. The second-order valence-corrected chi connectivity index (χ2v) is 6.19.